The van der Waals surface area contributed by atoms with Crippen LogP contribution in [0.15, 0.2) is 16.8 Å². The van der Waals surface area contributed by atoms with Crippen LogP contribution in [0, 0.1) is 0 Å². The Hall–Kier alpha value is -0.910. The number of carbonyl (C=O) groups excluding carboxylic acids is 1. The number of thiophene rings is 1. The molecule has 0 bridgehead atoms. The predicted octanol–water partition coefficient (Wildman–Crippen LogP) is 2.69. The van der Waals surface area contributed by atoms with E-state index in [0.29, 0.717) is 0 Å². The summed E-state index contributed by atoms with van der Waals surface area (Å²) in [6.07, 6.45) is 0.832. The van der Waals surface area contributed by atoms with E-state index >= 15 is 0 Å². The molecule has 0 saturated carbocycles. The minimum Gasteiger partial charge on any atom is -0.320 e. The van der Waals surface area contributed by atoms with E-state index in [4.69, 9.17) is 0 Å². The number of hydrogen-bond donors (Lipinski definition) is 1. The lowest BCUT2D eigenvalue weighted by Crippen LogP contribution is -2.44. The largest absolute Gasteiger partial charge is 0.320 e. The lowest BCUT2D eigenvalue weighted by atomic mass is 9.99. The van der Waals surface area contributed by atoms with E-state index in [1.165, 1.54) is 5.56 Å². The van der Waals surface area contributed by atoms with Crippen molar-refractivity contribution < 1.29 is 4.79 Å². The fraction of sp³-hybridized carbons (Fsp3) is 0.688. The van der Waals surface area contributed by atoms with Gasteiger partial charge in [0.2, 0.25) is 5.91 Å². The van der Waals surface area contributed by atoms with Gasteiger partial charge in [-0.15, -0.1) is 0 Å². The van der Waals surface area contributed by atoms with Crippen LogP contribution in [0.2, 0.25) is 0 Å². The first-order valence-corrected chi connectivity index (χ1v) is 8.83. The van der Waals surface area contributed by atoms with Crippen molar-refractivity contribution in [3.8, 4) is 0 Å². The Balaban J connectivity index is 2.15. The molecule has 2 unspecified atom stereocenters. The number of nitrogens with one attached hydrogen (secondary N) is 1. The van der Waals surface area contributed by atoms with Gasteiger partial charge in [-0.05, 0) is 48.8 Å². The molecule has 2 atom stereocenters. The van der Waals surface area contributed by atoms with E-state index in [9.17, 15) is 4.79 Å². The summed E-state index contributed by atoms with van der Waals surface area (Å²) in [5, 5.41) is 7.75. The highest BCUT2D eigenvalue weighted by atomic mass is 32.1. The molecule has 1 aliphatic heterocycles. The van der Waals surface area contributed by atoms with E-state index in [1.54, 1.807) is 11.3 Å². The summed E-state index contributed by atoms with van der Waals surface area (Å²) >= 11 is 1.68. The van der Waals surface area contributed by atoms with Crippen LogP contribution in [0.5, 0.6) is 0 Å². The van der Waals surface area contributed by atoms with Crippen LogP contribution < -0.4 is 5.32 Å². The Kier molecular flexibility index (Phi) is 5.41. The second kappa shape index (κ2) is 6.90. The molecule has 1 saturated heterocycles. The van der Waals surface area contributed by atoms with Crippen molar-refractivity contribution in [2.24, 2.45) is 0 Å². The number of carbonyl (C=O) groups is 1. The molecule has 1 amide bonds. The summed E-state index contributed by atoms with van der Waals surface area (Å²) in [6, 6.07) is 2.11. The summed E-state index contributed by atoms with van der Waals surface area (Å²) in [7, 11) is 0. The molecule has 1 fully saturated rings. The topological polar surface area (TPSA) is 35.6 Å². The Labute approximate surface area is 132 Å². The van der Waals surface area contributed by atoms with Crippen LogP contribution in [0.3, 0.4) is 0 Å². The van der Waals surface area contributed by atoms with Gasteiger partial charge >= 0.3 is 0 Å². The van der Waals surface area contributed by atoms with Crippen molar-refractivity contribution in [2.75, 3.05) is 26.2 Å². The number of rotatable bonds is 7. The van der Waals surface area contributed by atoms with Crippen molar-refractivity contribution in [3.05, 3.63) is 22.4 Å². The van der Waals surface area contributed by atoms with Gasteiger partial charge < -0.3 is 9.80 Å². The average Bonchev–Trinajstić information content (AvgIpc) is 3.10. The zero-order chi connectivity index (χ0) is 15.5. The third kappa shape index (κ3) is 3.30. The Bertz CT molecular complexity index is 458. The average molecular weight is 309 g/mol. The summed E-state index contributed by atoms with van der Waals surface area (Å²) in [6.45, 7) is 12.2. The SMILES string of the molecule is CCN(CC)CCN1C(=O)C(C)(CC)NC1c1ccsc1. The Morgan fingerprint density at radius 3 is 2.62 bits per heavy atom. The number of amides is 1. The first-order chi connectivity index (χ1) is 10.1. The molecule has 1 aromatic heterocycles. The highest BCUT2D eigenvalue weighted by Crippen LogP contribution is 2.33. The van der Waals surface area contributed by atoms with Crippen LogP contribution in [0.25, 0.3) is 0 Å². The smallest absolute Gasteiger partial charge is 0.244 e. The molecule has 2 heterocycles. The van der Waals surface area contributed by atoms with Gasteiger partial charge in [0.05, 0.1) is 5.54 Å². The lowest BCUT2D eigenvalue weighted by molar-refractivity contribution is -0.133. The highest BCUT2D eigenvalue weighted by molar-refractivity contribution is 7.07. The van der Waals surface area contributed by atoms with Crippen molar-refractivity contribution in [1.29, 1.82) is 0 Å². The molecule has 1 aromatic rings. The summed E-state index contributed by atoms with van der Waals surface area (Å²) < 4.78 is 0. The fourth-order valence-electron chi connectivity index (χ4n) is 2.84. The van der Waals surface area contributed by atoms with E-state index in [-0.39, 0.29) is 12.1 Å². The first-order valence-electron chi connectivity index (χ1n) is 7.89. The van der Waals surface area contributed by atoms with Crippen LogP contribution >= 0.6 is 11.3 Å². The molecule has 2 rings (SSSR count). The number of likely N-dealkylation sites (N-methyl/N-ethyl adjacent to an activating group) is 1. The fourth-order valence-corrected chi connectivity index (χ4v) is 3.52. The standard InChI is InChI=1S/C16H27N3OS/c1-5-16(4)15(20)19(10-9-18(6-2)7-3)14(17-16)13-8-11-21-12-13/h8,11-12,14,17H,5-7,9-10H2,1-4H3. The van der Waals surface area contributed by atoms with Crippen LogP contribution in [-0.4, -0.2) is 47.4 Å². The second-order valence-corrected chi connectivity index (χ2v) is 6.59. The number of hydrogen-bond acceptors (Lipinski definition) is 4. The van der Waals surface area contributed by atoms with E-state index in [1.807, 2.05) is 11.8 Å². The van der Waals surface area contributed by atoms with Crippen LogP contribution in [0.1, 0.15) is 45.8 Å². The Morgan fingerprint density at radius 1 is 1.38 bits per heavy atom. The van der Waals surface area contributed by atoms with Crippen LogP contribution in [0.4, 0.5) is 0 Å². The van der Waals surface area contributed by atoms with Gasteiger partial charge in [0.1, 0.15) is 6.17 Å². The van der Waals surface area contributed by atoms with Gasteiger partial charge in [-0.25, -0.2) is 0 Å². The molecule has 5 heteroatoms. The molecule has 1 aliphatic rings. The summed E-state index contributed by atoms with van der Waals surface area (Å²) in [4.78, 5) is 17.2. The molecule has 0 spiro atoms. The van der Waals surface area contributed by atoms with Crippen LogP contribution in [-0.2, 0) is 4.79 Å². The third-order valence-electron chi connectivity index (χ3n) is 4.62. The normalized spacial score (nSPS) is 26.0. The number of nitrogens with zero attached hydrogens (tertiary/aromatic N) is 2. The molecule has 0 aromatic carbocycles. The van der Waals surface area contributed by atoms with Crippen molar-refractivity contribution >= 4 is 17.2 Å². The quantitative estimate of drug-likeness (QED) is 0.841. The monoisotopic (exact) mass is 309 g/mol. The second-order valence-electron chi connectivity index (χ2n) is 5.81. The Morgan fingerprint density at radius 2 is 2.10 bits per heavy atom. The van der Waals surface area contributed by atoms with Gasteiger partial charge in [0.15, 0.2) is 0 Å². The van der Waals surface area contributed by atoms with E-state index < -0.39 is 5.54 Å². The maximum absolute atomic E-state index is 12.8. The van der Waals surface area contributed by atoms with Gasteiger partial charge in [-0.1, -0.05) is 20.8 Å². The van der Waals surface area contributed by atoms with Crippen molar-refractivity contribution in [3.63, 3.8) is 0 Å². The van der Waals surface area contributed by atoms with E-state index in [0.717, 1.165) is 32.6 Å². The summed E-state index contributed by atoms with van der Waals surface area (Å²) in [5.74, 6) is 0.230. The van der Waals surface area contributed by atoms with Gasteiger partial charge in [-0.3, -0.25) is 10.1 Å². The molecule has 0 radical (unpaired) electrons. The minimum atomic E-state index is -0.435. The predicted molar refractivity (Wildman–Crippen MR) is 88.4 cm³/mol. The highest BCUT2D eigenvalue weighted by Gasteiger charge is 2.47. The maximum Gasteiger partial charge on any atom is 0.244 e. The first kappa shape index (κ1) is 16.5. The zero-order valence-electron chi connectivity index (χ0n) is 13.6. The lowest BCUT2D eigenvalue weighted by Gasteiger charge is -2.27. The van der Waals surface area contributed by atoms with E-state index in [2.05, 4.69) is 47.8 Å². The van der Waals surface area contributed by atoms with Gasteiger partial charge in [0, 0.05) is 13.1 Å². The van der Waals surface area contributed by atoms with Crippen molar-refractivity contribution in [2.45, 2.75) is 45.8 Å². The maximum atomic E-state index is 12.8. The molecule has 4 nitrogen and oxygen atoms in total. The third-order valence-corrected chi connectivity index (χ3v) is 5.32. The minimum absolute atomic E-state index is 0.0178. The molecule has 118 valence electrons. The summed E-state index contributed by atoms with van der Waals surface area (Å²) in [5.41, 5.74) is 0.764. The molecule has 21 heavy (non-hydrogen) atoms. The zero-order valence-corrected chi connectivity index (χ0v) is 14.4. The molecule has 0 aliphatic carbocycles. The van der Waals surface area contributed by atoms with Crippen molar-refractivity contribution in [1.82, 2.24) is 15.1 Å². The molecule has 1 N–H and O–H groups in total. The molecular formula is C16H27N3OS. The van der Waals surface area contributed by atoms with Gasteiger partial charge in [-0.2, -0.15) is 11.3 Å². The molecular weight excluding hydrogens is 282 g/mol. The van der Waals surface area contributed by atoms with Gasteiger partial charge in [0.25, 0.3) is 0 Å².